The molecule has 4 nitrogen and oxygen atoms in total. The molecule has 0 saturated carbocycles. The van der Waals surface area contributed by atoms with Crippen molar-refractivity contribution in [3.8, 4) is 0 Å². The van der Waals surface area contributed by atoms with E-state index >= 15 is 0 Å². The zero-order chi connectivity index (χ0) is 11.7. The maximum atomic E-state index is 10.4. The summed E-state index contributed by atoms with van der Waals surface area (Å²) in [6.07, 6.45) is 0. The second-order valence-corrected chi connectivity index (χ2v) is 2.59. The van der Waals surface area contributed by atoms with Gasteiger partial charge in [0.25, 0.3) is 0 Å². The van der Waals surface area contributed by atoms with Crippen LogP contribution in [0.15, 0.2) is 24.3 Å². The summed E-state index contributed by atoms with van der Waals surface area (Å²) in [5.41, 5.74) is 0.627. The highest BCUT2D eigenvalue weighted by atomic mass is 16.5. The van der Waals surface area contributed by atoms with Gasteiger partial charge in [-0.25, -0.2) is 9.59 Å². The first-order valence-electron chi connectivity index (χ1n) is 4.04. The summed E-state index contributed by atoms with van der Waals surface area (Å²) in [7, 11) is 0. The molecule has 0 spiro atoms. The van der Waals surface area contributed by atoms with Crippen LogP contribution in [0.4, 0.5) is 0 Å². The van der Waals surface area contributed by atoms with E-state index < -0.39 is 5.97 Å². The second-order valence-electron chi connectivity index (χ2n) is 2.59. The number of carbonyl (C=O) groups is 2. The van der Waals surface area contributed by atoms with Gasteiger partial charge in [0, 0.05) is 11.1 Å². The lowest BCUT2D eigenvalue weighted by Gasteiger charge is -1.96. The van der Waals surface area contributed by atoms with Gasteiger partial charge in [0.05, 0.1) is 6.61 Å². The highest BCUT2D eigenvalue weighted by Gasteiger charge is 1.98. The number of carbonyl (C=O) groups excluding carboxylic acids is 1. The van der Waals surface area contributed by atoms with E-state index in [0.29, 0.717) is 12.2 Å². The number of carboxylic acid groups (broad SMARTS) is 1. The highest BCUT2D eigenvalue weighted by molar-refractivity contribution is 5.86. The van der Waals surface area contributed by atoms with E-state index in [1.54, 1.807) is 13.8 Å². The van der Waals surface area contributed by atoms with Crippen LogP contribution in [0.1, 0.15) is 20.8 Å². The number of ether oxygens (including phenoxy) is 1. The standard InChI is InChI=1S/C6H10O2.C4H6O2/c1-4-8-6(7)5(2)3;1-3(2)4(5)6/h2,4H2,1,3H3;1H2,2H3,(H,5,6). The average molecular weight is 200 g/mol. The zero-order valence-electron chi connectivity index (χ0n) is 8.79. The van der Waals surface area contributed by atoms with Gasteiger partial charge >= 0.3 is 11.9 Å². The van der Waals surface area contributed by atoms with Gasteiger partial charge in [-0.15, -0.1) is 0 Å². The van der Waals surface area contributed by atoms with Crippen LogP contribution in [0, 0.1) is 0 Å². The fraction of sp³-hybridized carbons (Fsp3) is 0.400. The van der Waals surface area contributed by atoms with Gasteiger partial charge in [0.1, 0.15) is 0 Å². The monoisotopic (exact) mass is 200 g/mol. The molecule has 0 rings (SSSR count). The van der Waals surface area contributed by atoms with Crippen LogP contribution in [0.5, 0.6) is 0 Å². The molecular weight excluding hydrogens is 184 g/mol. The fourth-order valence-electron chi connectivity index (χ4n) is 0.254. The quantitative estimate of drug-likeness (QED) is 0.557. The van der Waals surface area contributed by atoms with E-state index in [9.17, 15) is 9.59 Å². The minimum atomic E-state index is -0.935. The Kier molecular flexibility index (Phi) is 8.57. The van der Waals surface area contributed by atoms with Crippen molar-refractivity contribution < 1.29 is 19.4 Å². The Morgan fingerprint density at radius 1 is 1.21 bits per heavy atom. The highest BCUT2D eigenvalue weighted by Crippen LogP contribution is 1.89. The fourth-order valence-corrected chi connectivity index (χ4v) is 0.254. The summed E-state index contributed by atoms with van der Waals surface area (Å²) in [5, 5.41) is 7.89. The first-order valence-corrected chi connectivity index (χ1v) is 4.04. The third kappa shape index (κ3) is 10.4. The number of aliphatic carboxylic acids is 1. The lowest BCUT2D eigenvalue weighted by molar-refractivity contribution is -0.138. The van der Waals surface area contributed by atoms with Crippen LogP contribution < -0.4 is 0 Å². The largest absolute Gasteiger partial charge is 0.478 e. The van der Waals surface area contributed by atoms with Crippen LogP contribution in [0.25, 0.3) is 0 Å². The number of rotatable bonds is 3. The van der Waals surface area contributed by atoms with Gasteiger partial charge in [-0.1, -0.05) is 13.2 Å². The molecular formula is C10H16O4. The molecule has 80 valence electrons. The Bertz CT molecular complexity index is 229. The summed E-state index contributed by atoms with van der Waals surface area (Å²) < 4.78 is 4.56. The summed E-state index contributed by atoms with van der Waals surface area (Å²) in [5.74, 6) is -1.25. The van der Waals surface area contributed by atoms with Gasteiger partial charge in [-0.05, 0) is 20.8 Å². The Labute approximate surface area is 83.9 Å². The summed E-state index contributed by atoms with van der Waals surface area (Å²) in [6.45, 7) is 11.8. The first-order chi connectivity index (χ1) is 6.32. The van der Waals surface area contributed by atoms with Gasteiger partial charge in [-0.2, -0.15) is 0 Å². The van der Waals surface area contributed by atoms with Crippen LogP contribution in [-0.4, -0.2) is 23.7 Å². The smallest absolute Gasteiger partial charge is 0.333 e. The third-order valence-corrected chi connectivity index (χ3v) is 0.989. The molecule has 1 N–H and O–H groups in total. The third-order valence-electron chi connectivity index (χ3n) is 0.989. The number of carboxylic acids is 1. The molecule has 0 radical (unpaired) electrons. The Balaban J connectivity index is 0. The SMILES string of the molecule is C=C(C)C(=O)O.C=C(C)C(=O)OCC. The number of hydrogen-bond donors (Lipinski definition) is 1. The molecule has 0 aliphatic heterocycles. The molecule has 0 aromatic rings. The molecule has 0 amide bonds. The van der Waals surface area contributed by atoms with Gasteiger partial charge in [0.2, 0.25) is 0 Å². The van der Waals surface area contributed by atoms with E-state index in [1.165, 1.54) is 6.92 Å². The Morgan fingerprint density at radius 2 is 1.57 bits per heavy atom. The van der Waals surface area contributed by atoms with Crippen molar-refractivity contribution in [2.45, 2.75) is 20.8 Å². The normalized spacial score (nSPS) is 7.93. The molecule has 0 fully saturated rings. The predicted molar refractivity (Wildman–Crippen MR) is 53.9 cm³/mol. The average Bonchev–Trinajstić information content (AvgIpc) is 2.05. The maximum absolute atomic E-state index is 10.4. The number of hydrogen-bond acceptors (Lipinski definition) is 3. The van der Waals surface area contributed by atoms with Crippen molar-refractivity contribution in [1.29, 1.82) is 0 Å². The van der Waals surface area contributed by atoms with E-state index in [1.807, 2.05) is 0 Å². The van der Waals surface area contributed by atoms with Crippen molar-refractivity contribution >= 4 is 11.9 Å². The lowest BCUT2D eigenvalue weighted by atomic mass is 10.4. The Hall–Kier alpha value is -1.58. The minimum absolute atomic E-state index is 0.176. The van der Waals surface area contributed by atoms with Gasteiger partial charge in [0.15, 0.2) is 0 Å². The summed E-state index contributed by atoms with van der Waals surface area (Å²) in [6, 6.07) is 0. The molecule has 0 aromatic heterocycles. The van der Waals surface area contributed by atoms with Crippen molar-refractivity contribution in [2.24, 2.45) is 0 Å². The van der Waals surface area contributed by atoms with Crippen molar-refractivity contribution in [2.75, 3.05) is 6.61 Å². The van der Waals surface area contributed by atoms with Crippen LogP contribution in [-0.2, 0) is 14.3 Å². The lowest BCUT2D eigenvalue weighted by Crippen LogP contribution is -2.03. The molecule has 0 aliphatic carbocycles. The van der Waals surface area contributed by atoms with E-state index in [4.69, 9.17) is 5.11 Å². The predicted octanol–water partition coefficient (Wildman–Crippen LogP) is 1.77. The first kappa shape index (κ1) is 14.9. The summed E-state index contributed by atoms with van der Waals surface area (Å²) in [4.78, 5) is 20.0. The molecule has 0 saturated heterocycles. The minimum Gasteiger partial charge on any atom is -0.478 e. The van der Waals surface area contributed by atoms with Crippen molar-refractivity contribution in [3.05, 3.63) is 24.3 Å². The number of esters is 1. The van der Waals surface area contributed by atoms with Crippen LogP contribution in [0.3, 0.4) is 0 Å². The molecule has 0 heterocycles. The van der Waals surface area contributed by atoms with Crippen molar-refractivity contribution in [3.63, 3.8) is 0 Å². The molecule has 0 aliphatic rings. The molecule has 0 aromatic carbocycles. The molecule has 0 unspecified atom stereocenters. The molecule has 0 atom stereocenters. The van der Waals surface area contributed by atoms with E-state index in [2.05, 4.69) is 17.9 Å². The van der Waals surface area contributed by atoms with E-state index in [0.717, 1.165) is 0 Å². The molecule has 4 heteroatoms. The van der Waals surface area contributed by atoms with Gasteiger partial charge in [-0.3, -0.25) is 0 Å². The zero-order valence-corrected chi connectivity index (χ0v) is 8.79. The van der Waals surface area contributed by atoms with E-state index in [-0.39, 0.29) is 11.5 Å². The second kappa shape index (κ2) is 8.04. The van der Waals surface area contributed by atoms with Crippen LogP contribution in [0.2, 0.25) is 0 Å². The van der Waals surface area contributed by atoms with Crippen LogP contribution >= 0.6 is 0 Å². The molecule has 0 bridgehead atoms. The van der Waals surface area contributed by atoms with Crippen molar-refractivity contribution in [1.82, 2.24) is 0 Å². The topological polar surface area (TPSA) is 63.6 Å². The Morgan fingerprint density at radius 3 is 1.64 bits per heavy atom. The summed E-state index contributed by atoms with van der Waals surface area (Å²) >= 11 is 0. The maximum Gasteiger partial charge on any atom is 0.333 e. The molecule has 14 heavy (non-hydrogen) atoms. The van der Waals surface area contributed by atoms with Gasteiger partial charge < -0.3 is 9.84 Å².